The smallest absolute Gasteiger partial charge is 0.0932 e. The van der Waals surface area contributed by atoms with Gasteiger partial charge in [-0.3, -0.25) is 0 Å². The van der Waals surface area contributed by atoms with Gasteiger partial charge in [0.1, 0.15) is 0 Å². The second kappa shape index (κ2) is 80.9. The first-order valence-corrected chi connectivity index (χ1v) is 40.6. The van der Waals surface area contributed by atoms with Crippen LogP contribution in [0.3, 0.4) is 0 Å². The summed E-state index contributed by atoms with van der Waals surface area (Å²) in [6.45, 7) is 18.6. The molecule has 86 heavy (non-hydrogen) atoms. The first-order chi connectivity index (χ1) is 42.8. The summed E-state index contributed by atoms with van der Waals surface area (Å²) in [7, 11) is 0. The van der Waals surface area contributed by atoms with E-state index in [-0.39, 0.29) is 12.2 Å². The second-order valence-electron chi connectivity index (χ2n) is 27.7. The van der Waals surface area contributed by atoms with Crippen LogP contribution >= 0.6 is 0 Å². The molecule has 6 heteroatoms. The number of hydrogen-bond donors (Lipinski definition) is 2. The highest BCUT2D eigenvalue weighted by atomic mass is 16.5. The molecule has 0 saturated heterocycles. The highest BCUT2D eigenvalue weighted by Crippen LogP contribution is 2.19. The fourth-order valence-corrected chi connectivity index (χ4v) is 12.7. The van der Waals surface area contributed by atoms with Crippen molar-refractivity contribution in [1.82, 2.24) is 10.6 Å². The predicted molar refractivity (Wildman–Crippen MR) is 385 cm³/mol. The summed E-state index contributed by atoms with van der Waals surface area (Å²) in [5, 5.41) is 7.54. The summed E-state index contributed by atoms with van der Waals surface area (Å²) in [5.41, 5.74) is 0. The van der Waals surface area contributed by atoms with E-state index in [9.17, 15) is 0 Å². The third kappa shape index (κ3) is 76.2. The van der Waals surface area contributed by atoms with Gasteiger partial charge in [-0.15, -0.1) is 0 Å². The minimum atomic E-state index is 0.170. The van der Waals surface area contributed by atoms with Crippen molar-refractivity contribution in [3.8, 4) is 0 Å². The number of ether oxygens (including phenoxy) is 4. The molecule has 0 saturated carbocycles. The van der Waals surface area contributed by atoms with Crippen molar-refractivity contribution in [2.75, 3.05) is 65.8 Å². The lowest BCUT2D eigenvalue weighted by Crippen LogP contribution is -2.34. The molecule has 6 nitrogen and oxygen atoms in total. The Bertz CT molecular complexity index is 1060. The number of hydrogen-bond acceptors (Lipinski definition) is 6. The normalized spacial score (nSPS) is 12.6. The molecule has 0 radical (unpaired) electrons. The quantitative estimate of drug-likeness (QED) is 0.0592. The van der Waals surface area contributed by atoms with Gasteiger partial charge in [-0.2, -0.15) is 0 Å². The van der Waals surface area contributed by atoms with E-state index in [0.717, 1.165) is 72.2 Å². The molecule has 0 aromatic carbocycles. The van der Waals surface area contributed by atoms with Crippen molar-refractivity contribution >= 4 is 0 Å². The van der Waals surface area contributed by atoms with Gasteiger partial charge in [0, 0.05) is 33.0 Å². The molecule has 0 spiro atoms. The Hall–Kier alpha value is -0.240. The second-order valence-corrected chi connectivity index (χ2v) is 27.7. The Morgan fingerprint density at radius 3 is 0.698 bits per heavy atom. The standard InChI is InChI=1S/C80H164N2O4/c1-5-9-13-17-21-25-29-33-37-41-45-49-56-64-72-83-77-79(85-74-66-58-51-47-43-39-35-31-27-23-19-15-11-7-3)68-60-63-70-81-69-61-54-53-55-62-71-82-76-80(86-75-67-59-52-48-44-40-36-32-28-24-20-16-12-8-4)78-84-73-65-57-50-46-42-38-34-30-26-22-18-14-10-6-2/h79-82H,5-78H2,1-4H3. The van der Waals surface area contributed by atoms with Crippen LogP contribution in [0.1, 0.15) is 439 Å². The first kappa shape index (κ1) is 85.8. The first-order valence-electron chi connectivity index (χ1n) is 40.6. The number of unbranched alkanes of at least 4 members (excludes halogenated alkanes) is 57. The Morgan fingerprint density at radius 2 is 0.407 bits per heavy atom. The molecule has 0 heterocycles. The van der Waals surface area contributed by atoms with Crippen molar-refractivity contribution in [1.29, 1.82) is 0 Å². The molecule has 0 amide bonds. The fourth-order valence-electron chi connectivity index (χ4n) is 12.7. The van der Waals surface area contributed by atoms with Crippen LogP contribution in [0, 0.1) is 0 Å². The Morgan fingerprint density at radius 1 is 0.198 bits per heavy atom. The number of rotatable bonds is 81. The van der Waals surface area contributed by atoms with Crippen LogP contribution in [0.2, 0.25) is 0 Å². The van der Waals surface area contributed by atoms with Gasteiger partial charge in [0.2, 0.25) is 0 Å². The van der Waals surface area contributed by atoms with Crippen LogP contribution < -0.4 is 10.6 Å². The molecule has 0 aromatic heterocycles. The van der Waals surface area contributed by atoms with Crippen molar-refractivity contribution in [2.45, 2.75) is 451 Å². The van der Waals surface area contributed by atoms with E-state index in [1.165, 1.54) is 405 Å². The summed E-state index contributed by atoms with van der Waals surface area (Å²) >= 11 is 0. The minimum Gasteiger partial charge on any atom is -0.379 e. The van der Waals surface area contributed by atoms with E-state index in [2.05, 4.69) is 38.3 Å². The molecule has 518 valence electrons. The Labute approximate surface area is 543 Å². The third-order valence-corrected chi connectivity index (χ3v) is 18.8. The minimum absolute atomic E-state index is 0.170. The van der Waals surface area contributed by atoms with Gasteiger partial charge in [-0.1, -0.05) is 381 Å². The van der Waals surface area contributed by atoms with Crippen LogP contribution in [0.4, 0.5) is 0 Å². The van der Waals surface area contributed by atoms with Crippen LogP contribution in [-0.2, 0) is 18.9 Å². The average Bonchev–Trinajstić information content (AvgIpc) is 3.52. The van der Waals surface area contributed by atoms with Crippen LogP contribution in [-0.4, -0.2) is 78.0 Å². The molecule has 0 fully saturated rings. The van der Waals surface area contributed by atoms with E-state index in [1.54, 1.807) is 0 Å². The molecule has 0 rings (SSSR count). The van der Waals surface area contributed by atoms with Gasteiger partial charge in [-0.25, -0.2) is 0 Å². The maximum absolute atomic E-state index is 6.53. The number of nitrogens with one attached hydrogen (secondary N) is 2. The van der Waals surface area contributed by atoms with E-state index in [0.29, 0.717) is 0 Å². The summed E-state index contributed by atoms with van der Waals surface area (Å²) in [5.74, 6) is 0. The lowest BCUT2D eigenvalue weighted by atomic mass is 10.0. The fraction of sp³-hybridized carbons (Fsp3) is 1.00. The van der Waals surface area contributed by atoms with Crippen LogP contribution in [0.5, 0.6) is 0 Å². The summed E-state index contributed by atoms with van der Waals surface area (Å²) in [6.07, 6.45) is 88.9. The molecule has 0 aromatic rings. The largest absolute Gasteiger partial charge is 0.379 e. The van der Waals surface area contributed by atoms with E-state index >= 15 is 0 Å². The van der Waals surface area contributed by atoms with E-state index < -0.39 is 0 Å². The molecular formula is C80H164N2O4. The summed E-state index contributed by atoms with van der Waals surface area (Å²) in [4.78, 5) is 0. The molecule has 0 aliphatic heterocycles. The predicted octanol–water partition coefficient (Wildman–Crippen LogP) is 26.0. The third-order valence-electron chi connectivity index (χ3n) is 18.8. The maximum atomic E-state index is 6.53. The molecule has 0 aliphatic rings. The van der Waals surface area contributed by atoms with Crippen molar-refractivity contribution in [2.24, 2.45) is 0 Å². The topological polar surface area (TPSA) is 61.0 Å². The molecule has 2 atom stereocenters. The van der Waals surface area contributed by atoms with Crippen LogP contribution in [0.15, 0.2) is 0 Å². The monoisotopic (exact) mass is 1220 g/mol. The Kier molecular flexibility index (Phi) is 80.6. The SMILES string of the molecule is CCCCCCCCCCCCCCCCOCC(CCCCNCCCCCCCNCC(COCCCCCCCCCCCCCCCC)OCCCCCCCCCCCCCCCC)OCCCCCCCCCCCCCCCC. The van der Waals surface area contributed by atoms with E-state index in [4.69, 9.17) is 18.9 Å². The summed E-state index contributed by atoms with van der Waals surface area (Å²) in [6, 6.07) is 0. The van der Waals surface area contributed by atoms with Crippen molar-refractivity contribution in [3.05, 3.63) is 0 Å². The highest BCUT2D eigenvalue weighted by Gasteiger charge is 2.12. The molecule has 2 N–H and O–H groups in total. The van der Waals surface area contributed by atoms with Gasteiger partial charge < -0.3 is 29.6 Å². The zero-order valence-electron chi connectivity index (χ0n) is 60.1. The van der Waals surface area contributed by atoms with Crippen molar-refractivity contribution in [3.63, 3.8) is 0 Å². The van der Waals surface area contributed by atoms with Gasteiger partial charge in [-0.05, 0) is 77.4 Å². The molecule has 0 bridgehead atoms. The molecule has 0 aliphatic carbocycles. The van der Waals surface area contributed by atoms with Crippen molar-refractivity contribution < 1.29 is 18.9 Å². The molecular weight excluding hydrogens is 1050 g/mol. The highest BCUT2D eigenvalue weighted by molar-refractivity contribution is 4.64. The summed E-state index contributed by atoms with van der Waals surface area (Å²) < 4.78 is 25.6. The zero-order chi connectivity index (χ0) is 61.7. The van der Waals surface area contributed by atoms with Gasteiger partial charge >= 0.3 is 0 Å². The molecule has 2 unspecified atom stereocenters. The lowest BCUT2D eigenvalue weighted by molar-refractivity contribution is -0.0234. The zero-order valence-corrected chi connectivity index (χ0v) is 60.1. The van der Waals surface area contributed by atoms with Gasteiger partial charge in [0.15, 0.2) is 0 Å². The average molecular weight is 1220 g/mol. The van der Waals surface area contributed by atoms with Crippen LogP contribution in [0.25, 0.3) is 0 Å². The lowest BCUT2D eigenvalue weighted by Gasteiger charge is -2.19. The van der Waals surface area contributed by atoms with E-state index in [1.807, 2.05) is 0 Å². The maximum Gasteiger partial charge on any atom is 0.0932 e. The van der Waals surface area contributed by atoms with Gasteiger partial charge in [0.05, 0.1) is 25.4 Å². The Balaban J connectivity index is 4.38. The van der Waals surface area contributed by atoms with Gasteiger partial charge in [0.25, 0.3) is 0 Å².